The van der Waals surface area contributed by atoms with Gasteiger partial charge in [-0.25, -0.2) is 9.59 Å². The lowest BCUT2D eigenvalue weighted by Crippen LogP contribution is -1.87. The van der Waals surface area contributed by atoms with Crippen molar-refractivity contribution in [3.8, 4) is 0 Å². The average Bonchev–Trinajstić information content (AvgIpc) is 2.21. The number of hydrogen-bond acceptors (Lipinski definition) is 4. The van der Waals surface area contributed by atoms with E-state index in [9.17, 15) is 9.59 Å². The molecular formula is C10H14N2O2. The molecule has 0 bridgehead atoms. The van der Waals surface area contributed by atoms with Gasteiger partial charge in [0, 0.05) is 0 Å². The minimum absolute atomic E-state index is 0.525. The Morgan fingerprint density at radius 1 is 1.07 bits per heavy atom. The van der Waals surface area contributed by atoms with Crippen molar-refractivity contribution in [2.24, 2.45) is 9.98 Å². The van der Waals surface area contributed by atoms with Crippen molar-refractivity contribution in [3.63, 3.8) is 0 Å². The zero-order valence-corrected chi connectivity index (χ0v) is 8.54. The van der Waals surface area contributed by atoms with Gasteiger partial charge in [0.2, 0.25) is 12.2 Å². The quantitative estimate of drug-likeness (QED) is 0.481. The zero-order chi connectivity index (χ0) is 10.8. The molecule has 0 saturated carbocycles. The van der Waals surface area contributed by atoms with Crippen LogP contribution in [0.15, 0.2) is 21.4 Å². The monoisotopic (exact) mass is 194 g/mol. The highest BCUT2D eigenvalue weighted by atomic mass is 16.1. The van der Waals surface area contributed by atoms with Crippen LogP contribution in [0.1, 0.15) is 39.5 Å². The van der Waals surface area contributed by atoms with Crippen LogP contribution in [0, 0.1) is 0 Å². The lowest BCUT2D eigenvalue weighted by Gasteiger charge is -2.01. The Morgan fingerprint density at radius 2 is 1.64 bits per heavy atom. The van der Waals surface area contributed by atoms with Crippen LogP contribution in [0.3, 0.4) is 0 Å². The Morgan fingerprint density at radius 3 is 2.07 bits per heavy atom. The summed E-state index contributed by atoms with van der Waals surface area (Å²) in [4.78, 5) is 27.3. The Labute approximate surface area is 83.4 Å². The standard InChI is InChI=1S/C10H14N2O2/c1-3-5-6-10(12-8-14)9(4-2)11-7-13/h3-6H2,1-2H3. The van der Waals surface area contributed by atoms with Gasteiger partial charge in [-0.1, -0.05) is 20.3 Å². The highest BCUT2D eigenvalue weighted by molar-refractivity contribution is 5.41. The number of hydrogen-bond donors (Lipinski definition) is 0. The van der Waals surface area contributed by atoms with Crippen LogP contribution in [-0.2, 0) is 9.59 Å². The van der Waals surface area contributed by atoms with E-state index in [-0.39, 0.29) is 0 Å². The third-order valence-corrected chi connectivity index (χ3v) is 1.80. The molecule has 0 spiro atoms. The van der Waals surface area contributed by atoms with Gasteiger partial charge in [0.05, 0.1) is 11.4 Å². The van der Waals surface area contributed by atoms with Crippen molar-refractivity contribution in [1.82, 2.24) is 0 Å². The fourth-order valence-corrected chi connectivity index (χ4v) is 1.07. The first kappa shape index (κ1) is 12.5. The number of isocyanates is 2. The van der Waals surface area contributed by atoms with Crippen LogP contribution in [0.2, 0.25) is 0 Å². The van der Waals surface area contributed by atoms with E-state index in [1.54, 1.807) is 0 Å². The molecule has 4 heteroatoms. The summed E-state index contributed by atoms with van der Waals surface area (Å²) in [6.07, 6.45) is 6.08. The van der Waals surface area contributed by atoms with Crippen LogP contribution in [0.5, 0.6) is 0 Å². The van der Waals surface area contributed by atoms with Gasteiger partial charge in [-0.05, 0) is 19.3 Å². The summed E-state index contributed by atoms with van der Waals surface area (Å²) < 4.78 is 0. The van der Waals surface area contributed by atoms with Gasteiger partial charge < -0.3 is 0 Å². The first-order valence-electron chi connectivity index (χ1n) is 4.67. The van der Waals surface area contributed by atoms with Gasteiger partial charge in [-0.15, -0.1) is 0 Å². The number of unbranched alkanes of at least 4 members (excludes halogenated alkanes) is 1. The van der Waals surface area contributed by atoms with Crippen LogP contribution in [0.25, 0.3) is 0 Å². The number of nitrogens with zero attached hydrogens (tertiary/aromatic N) is 2. The van der Waals surface area contributed by atoms with Gasteiger partial charge in [-0.3, -0.25) is 0 Å². The Bertz CT molecular complexity index is 295. The summed E-state index contributed by atoms with van der Waals surface area (Å²) in [6.45, 7) is 3.89. The summed E-state index contributed by atoms with van der Waals surface area (Å²) in [6, 6.07) is 0. The van der Waals surface area contributed by atoms with E-state index in [2.05, 4.69) is 9.98 Å². The second-order valence-corrected chi connectivity index (χ2v) is 2.76. The largest absolute Gasteiger partial charge is 0.240 e. The number of rotatable bonds is 6. The highest BCUT2D eigenvalue weighted by Gasteiger charge is 2.03. The molecule has 0 saturated heterocycles. The lowest BCUT2D eigenvalue weighted by molar-refractivity contribution is 0.562. The van der Waals surface area contributed by atoms with Gasteiger partial charge in [0.15, 0.2) is 0 Å². The molecule has 0 aromatic heterocycles. The van der Waals surface area contributed by atoms with Crippen LogP contribution >= 0.6 is 0 Å². The SMILES string of the molecule is CCCCC(N=C=O)=C(CC)N=C=O. The molecule has 0 heterocycles. The van der Waals surface area contributed by atoms with Crippen molar-refractivity contribution < 1.29 is 9.59 Å². The minimum atomic E-state index is 0.525. The van der Waals surface area contributed by atoms with Gasteiger partial charge in [-0.2, -0.15) is 9.98 Å². The fraction of sp³-hybridized carbons (Fsp3) is 0.600. The molecule has 14 heavy (non-hydrogen) atoms. The van der Waals surface area contributed by atoms with Crippen molar-refractivity contribution in [1.29, 1.82) is 0 Å². The topological polar surface area (TPSA) is 58.9 Å². The predicted octanol–water partition coefficient (Wildman–Crippen LogP) is 2.47. The molecule has 0 rings (SSSR count). The molecule has 0 unspecified atom stereocenters. The first-order chi connectivity index (χ1) is 6.79. The van der Waals surface area contributed by atoms with Crippen LogP contribution in [0.4, 0.5) is 0 Å². The third kappa shape index (κ3) is 4.51. The zero-order valence-electron chi connectivity index (χ0n) is 8.54. The maximum absolute atomic E-state index is 10.1. The lowest BCUT2D eigenvalue weighted by atomic mass is 10.1. The number of aliphatic imine (C=N–C) groups is 2. The molecule has 0 fully saturated rings. The molecule has 4 nitrogen and oxygen atoms in total. The molecule has 0 aliphatic carbocycles. The molecule has 0 amide bonds. The maximum atomic E-state index is 10.1. The first-order valence-corrected chi connectivity index (χ1v) is 4.67. The van der Waals surface area contributed by atoms with E-state index in [1.807, 2.05) is 13.8 Å². The van der Waals surface area contributed by atoms with Crippen molar-refractivity contribution in [3.05, 3.63) is 11.4 Å². The smallest absolute Gasteiger partial charge is 0.211 e. The summed E-state index contributed by atoms with van der Waals surface area (Å²) in [5.41, 5.74) is 1.07. The summed E-state index contributed by atoms with van der Waals surface area (Å²) in [7, 11) is 0. The van der Waals surface area contributed by atoms with Crippen molar-refractivity contribution in [2.75, 3.05) is 0 Å². The van der Waals surface area contributed by atoms with E-state index in [0.29, 0.717) is 24.2 Å². The van der Waals surface area contributed by atoms with E-state index in [0.717, 1.165) is 12.8 Å². The molecule has 0 atom stereocenters. The molecule has 76 valence electrons. The summed E-state index contributed by atoms with van der Waals surface area (Å²) in [5.74, 6) is 0. The van der Waals surface area contributed by atoms with Crippen molar-refractivity contribution >= 4 is 12.2 Å². The van der Waals surface area contributed by atoms with Crippen molar-refractivity contribution in [2.45, 2.75) is 39.5 Å². The molecule has 0 aliphatic rings. The maximum Gasteiger partial charge on any atom is 0.240 e. The second kappa shape index (κ2) is 8.11. The highest BCUT2D eigenvalue weighted by Crippen LogP contribution is 2.16. The van der Waals surface area contributed by atoms with E-state index in [4.69, 9.17) is 0 Å². The molecule has 0 N–H and O–H groups in total. The Balaban J connectivity index is 4.87. The molecule has 0 radical (unpaired) electrons. The minimum Gasteiger partial charge on any atom is -0.211 e. The number of carbonyl (C=O) groups excluding carboxylic acids is 2. The normalized spacial score (nSPS) is 11.0. The second-order valence-electron chi connectivity index (χ2n) is 2.76. The predicted molar refractivity (Wildman–Crippen MR) is 53.1 cm³/mol. The fourth-order valence-electron chi connectivity index (χ4n) is 1.07. The van der Waals surface area contributed by atoms with E-state index < -0.39 is 0 Å². The van der Waals surface area contributed by atoms with Crippen LogP contribution < -0.4 is 0 Å². The van der Waals surface area contributed by atoms with E-state index >= 15 is 0 Å². The average molecular weight is 194 g/mol. The molecule has 0 aliphatic heterocycles. The number of allylic oxidation sites excluding steroid dienone is 2. The van der Waals surface area contributed by atoms with Gasteiger partial charge >= 0.3 is 0 Å². The Kier molecular flexibility index (Phi) is 7.24. The van der Waals surface area contributed by atoms with Gasteiger partial charge in [0.1, 0.15) is 0 Å². The third-order valence-electron chi connectivity index (χ3n) is 1.80. The summed E-state index contributed by atoms with van der Waals surface area (Å²) >= 11 is 0. The Hall–Kier alpha value is -1.50. The van der Waals surface area contributed by atoms with Crippen LogP contribution in [-0.4, -0.2) is 12.2 Å². The van der Waals surface area contributed by atoms with Gasteiger partial charge in [0.25, 0.3) is 0 Å². The molecular weight excluding hydrogens is 180 g/mol. The molecule has 0 aromatic rings. The summed E-state index contributed by atoms with van der Waals surface area (Å²) in [5, 5.41) is 0. The van der Waals surface area contributed by atoms with E-state index in [1.165, 1.54) is 12.2 Å². The molecule has 0 aromatic carbocycles.